The Bertz CT molecular complexity index is 879. The van der Waals surface area contributed by atoms with E-state index in [2.05, 4.69) is 23.6 Å². The first-order chi connectivity index (χ1) is 14.0. The molecule has 1 aromatic heterocycles. The lowest BCUT2D eigenvalue weighted by molar-refractivity contribution is -0.158. The molecule has 5 nitrogen and oxygen atoms in total. The van der Waals surface area contributed by atoms with Crippen molar-refractivity contribution < 1.29 is 9.32 Å². The monoisotopic (exact) mass is 391 g/mol. The molecule has 6 rings (SSSR count). The number of benzene rings is 1. The first-order valence-electron chi connectivity index (χ1n) is 10.8. The summed E-state index contributed by atoms with van der Waals surface area (Å²) in [5, 5.41) is 4.13. The fraction of sp³-hybridized carbons (Fsp3) is 0.542. The maximum Gasteiger partial charge on any atom is 0.246 e. The fourth-order valence-corrected chi connectivity index (χ4v) is 6.39. The van der Waals surface area contributed by atoms with Gasteiger partial charge in [0, 0.05) is 12.1 Å². The van der Waals surface area contributed by atoms with Gasteiger partial charge in [0.2, 0.25) is 17.6 Å². The largest absolute Gasteiger partial charge is 0.337 e. The van der Waals surface area contributed by atoms with Crippen molar-refractivity contribution >= 4 is 5.91 Å². The molecule has 4 bridgehead atoms. The third-order valence-corrected chi connectivity index (χ3v) is 7.23. The number of aryl methyl sites for hydroxylation is 1. The van der Waals surface area contributed by atoms with Gasteiger partial charge < -0.3 is 9.42 Å². The van der Waals surface area contributed by atoms with Gasteiger partial charge in [0.1, 0.15) is 6.54 Å². The smallest absolute Gasteiger partial charge is 0.246 e. The molecule has 152 valence electrons. The second kappa shape index (κ2) is 7.12. The van der Waals surface area contributed by atoms with Gasteiger partial charge in [-0.3, -0.25) is 4.79 Å². The summed E-state index contributed by atoms with van der Waals surface area (Å²) in [7, 11) is 0. The Hall–Kier alpha value is -2.43. The summed E-state index contributed by atoms with van der Waals surface area (Å²) >= 11 is 0. The summed E-state index contributed by atoms with van der Waals surface area (Å²) in [5.41, 5.74) is 1.95. The zero-order valence-corrected chi connectivity index (χ0v) is 17.1. The summed E-state index contributed by atoms with van der Waals surface area (Å²) < 4.78 is 5.51. The first kappa shape index (κ1) is 18.6. The van der Waals surface area contributed by atoms with E-state index in [1.807, 2.05) is 29.2 Å². The molecule has 0 aliphatic heterocycles. The topological polar surface area (TPSA) is 59.2 Å². The summed E-state index contributed by atoms with van der Waals surface area (Å²) in [6.07, 6.45) is 8.97. The minimum Gasteiger partial charge on any atom is -0.337 e. The molecule has 0 atom stereocenters. The Morgan fingerprint density at radius 2 is 1.79 bits per heavy atom. The highest BCUT2D eigenvalue weighted by molar-refractivity contribution is 5.83. The molecule has 1 aromatic carbocycles. The van der Waals surface area contributed by atoms with Crippen LogP contribution < -0.4 is 0 Å². The number of rotatable bonds is 6. The molecule has 4 aliphatic rings. The maximum atomic E-state index is 13.7. The third kappa shape index (κ3) is 3.41. The Labute approximate surface area is 172 Å². The quantitative estimate of drug-likeness (QED) is 0.665. The van der Waals surface area contributed by atoms with Crippen LogP contribution >= 0.6 is 0 Å². The minimum absolute atomic E-state index is 0.169. The molecular formula is C24H29N3O2. The standard InChI is InChI=1S/C24H29N3O2/c1-3-8-27(15-21-25-22(26-29-21)20-6-4-16(2)5-7-20)23(28)24-12-17-9-18(13-24)11-19(10-17)14-24/h3-7,17-19H,1,8-15H2,2H3. The SMILES string of the molecule is C=CCN(Cc1nc(-c2ccc(C)cc2)no1)C(=O)C12CC3CC(CC(C3)C1)C2. The van der Waals surface area contributed by atoms with Gasteiger partial charge in [-0.05, 0) is 63.2 Å². The zero-order chi connectivity index (χ0) is 20.0. The van der Waals surface area contributed by atoms with Crippen LogP contribution in [0, 0.1) is 30.1 Å². The highest BCUT2D eigenvalue weighted by Crippen LogP contribution is 2.60. The van der Waals surface area contributed by atoms with Crippen LogP contribution in [-0.2, 0) is 11.3 Å². The van der Waals surface area contributed by atoms with Crippen molar-refractivity contribution in [1.29, 1.82) is 0 Å². The van der Waals surface area contributed by atoms with E-state index in [1.54, 1.807) is 6.08 Å². The Morgan fingerprint density at radius 3 is 2.38 bits per heavy atom. The minimum atomic E-state index is -0.169. The van der Waals surface area contributed by atoms with Gasteiger partial charge in [-0.25, -0.2) is 0 Å². The van der Waals surface area contributed by atoms with Gasteiger partial charge in [0.05, 0.1) is 5.41 Å². The van der Waals surface area contributed by atoms with E-state index in [0.717, 1.165) is 42.6 Å². The van der Waals surface area contributed by atoms with Gasteiger partial charge in [-0.1, -0.05) is 41.1 Å². The molecule has 0 spiro atoms. The summed E-state index contributed by atoms with van der Waals surface area (Å²) in [4.78, 5) is 20.1. The van der Waals surface area contributed by atoms with Crippen LogP contribution in [0.25, 0.3) is 11.4 Å². The first-order valence-corrected chi connectivity index (χ1v) is 10.8. The number of carbonyl (C=O) groups is 1. The van der Waals surface area contributed by atoms with Crippen molar-refractivity contribution in [3.05, 3.63) is 48.4 Å². The van der Waals surface area contributed by atoms with E-state index in [9.17, 15) is 4.79 Å². The van der Waals surface area contributed by atoms with Crippen LogP contribution in [0.2, 0.25) is 0 Å². The normalized spacial score (nSPS) is 29.8. The molecule has 0 N–H and O–H groups in total. The summed E-state index contributed by atoms with van der Waals surface area (Å²) in [5.74, 6) is 3.56. The van der Waals surface area contributed by atoms with Crippen LogP contribution in [-0.4, -0.2) is 27.5 Å². The van der Waals surface area contributed by atoms with Gasteiger partial charge >= 0.3 is 0 Å². The lowest BCUT2D eigenvalue weighted by Crippen LogP contribution is -2.54. The van der Waals surface area contributed by atoms with Gasteiger partial charge in [-0.2, -0.15) is 4.98 Å². The highest BCUT2D eigenvalue weighted by atomic mass is 16.5. The third-order valence-electron chi connectivity index (χ3n) is 7.23. The van der Waals surface area contributed by atoms with Crippen molar-refractivity contribution in [2.45, 2.75) is 52.0 Å². The lowest BCUT2D eigenvalue weighted by atomic mass is 9.49. The van der Waals surface area contributed by atoms with Gasteiger partial charge in [-0.15, -0.1) is 6.58 Å². The van der Waals surface area contributed by atoms with Crippen molar-refractivity contribution in [2.24, 2.45) is 23.2 Å². The second-order valence-electron chi connectivity index (χ2n) is 9.55. The number of aromatic nitrogens is 2. The fourth-order valence-electron chi connectivity index (χ4n) is 6.39. The number of amides is 1. The Balaban J connectivity index is 1.35. The molecule has 4 fully saturated rings. The molecule has 2 aromatic rings. The average Bonchev–Trinajstić information content (AvgIpc) is 3.15. The van der Waals surface area contributed by atoms with Crippen LogP contribution in [0.15, 0.2) is 41.4 Å². The molecule has 1 heterocycles. The molecule has 0 saturated heterocycles. The second-order valence-corrected chi connectivity index (χ2v) is 9.55. The zero-order valence-electron chi connectivity index (χ0n) is 17.1. The van der Waals surface area contributed by atoms with Crippen LogP contribution in [0.4, 0.5) is 0 Å². The average molecular weight is 392 g/mol. The molecule has 0 unspecified atom stereocenters. The molecule has 5 heteroatoms. The number of hydrogen-bond acceptors (Lipinski definition) is 4. The van der Waals surface area contributed by atoms with E-state index in [1.165, 1.54) is 24.8 Å². The summed E-state index contributed by atoms with van der Waals surface area (Å²) in [6, 6.07) is 8.05. The van der Waals surface area contributed by atoms with E-state index in [4.69, 9.17) is 4.52 Å². The Morgan fingerprint density at radius 1 is 1.17 bits per heavy atom. The van der Waals surface area contributed by atoms with Gasteiger partial charge in [0.25, 0.3) is 0 Å². The van der Waals surface area contributed by atoms with E-state index < -0.39 is 0 Å². The predicted molar refractivity (Wildman–Crippen MR) is 111 cm³/mol. The Kier molecular flexibility index (Phi) is 4.56. The maximum absolute atomic E-state index is 13.7. The van der Waals surface area contributed by atoms with Crippen LogP contribution in [0.3, 0.4) is 0 Å². The van der Waals surface area contributed by atoms with Gasteiger partial charge in [0.15, 0.2) is 0 Å². The number of hydrogen-bond donors (Lipinski definition) is 0. The molecule has 0 radical (unpaired) electrons. The number of nitrogens with zero attached hydrogens (tertiary/aromatic N) is 3. The molecule has 1 amide bonds. The molecule has 4 aliphatic carbocycles. The van der Waals surface area contributed by atoms with Crippen LogP contribution in [0.1, 0.15) is 50.0 Å². The predicted octanol–water partition coefficient (Wildman–Crippen LogP) is 4.78. The van der Waals surface area contributed by atoms with E-state index >= 15 is 0 Å². The van der Waals surface area contributed by atoms with Crippen molar-refractivity contribution in [2.75, 3.05) is 6.54 Å². The van der Waals surface area contributed by atoms with Crippen molar-refractivity contribution in [3.63, 3.8) is 0 Å². The van der Waals surface area contributed by atoms with Crippen LogP contribution in [0.5, 0.6) is 0 Å². The highest BCUT2D eigenvalue weighted by Gasteiger charge is 2.55. The molecule has 29 heavy (non-hydrogen) atoms. The molecule has 4 saturated carbocycles. The van der Waals surface area contributed by atoms with Crippen molar-refractivity contribution in [1.82, 2.24) is 15.0 Å². The van der Waals surface area contributed by atoms with E-state index in [-0.39, 0.29) is 11.3 Å². The summed E-state index contributed by atoms with van der Waals surface area (Å²) in [6.45, 7) is 6.79. The number of carbonyl (C=O) groups excluding carboxylic acids is 1. The van der Waals surface area contributed by atoms with E-state index in [0.29, 0.717) is 24.8 Å². The molecular weight excluding hydrogens is 362 g/mol. The lowest BCUT2D eigenvalue weighted by Gasteiger charge is -2.56. The van der Waals surface area contributed by atoms with Crippen molar-refractivity contribution in [3.8, 4) is 11.4 Å².